The molecule has 2 nitrogen and oxygen atoms in total. The minimum absolute atomic E-state index is 0.0510. The molecule has 0 unspecified atom stereocenters. The quantitative estimate of drug-likeness (QED) is 0.786. The fraction of sp³-hybridized carbons (Fsp3) is 0.462. The summed E-state index contributed by atoms with van der Waals surface area (Å²) in [7, 11) is 0. The Kier molecular flexibility index (Phi) is 4.81. The lowest BCUT2D eigenvalue weighted by atomic mass is 9.94. The van der Waals surface area contributed by atoms with Crippen LogP contribution < -0.4 is 5.32 Å². The monoisotopic (exact) mass is 239 g/mol. The van der Waals surface area contributed by atoms with Gasteiger partial charge in [0.05, 0.1) is 5.54 Å². The molecule has 0 aliphatic carbocycles. The molecule has 0 spiro atoms. The van der Waals surface area contributed by atoms with Crippen molar-refractivity contribution in [3.05, 3.63) is 35.9 Å². The number of nitrogens with one attached hydrogen (secondary N) is 1. The van der Waals surface area contributed by atoms with E-state index in [4.69, 9.17) is 11.6 Å². The van der Waals surface area contributed by atoms with Gasteiger partial charge in [-0.1, -0.05) is 32.0 Å². The molecule has 1 aromatic rings. The fourth-order valence-electron chi connectivity index (χ4n) is 1.55. The Hall–Kier alpha value is -1.02. The summed E-state index contributed by atoms with van der Waals surface area (Å²) in [6.45, 7) is 4.08. The molecule has 1 amide bonds. The average molecular weight is 240 g/mol. The van der Waals surface area contributed by atoms with Gasteiger partial charge in [0.15, 0.2) is 0 Å². The Morgan fingerprint density at radius 1 is 1.25 bits per heavy atom. The first-order chi connectivity index (χ1) is 7.67. The second-order valence-corrected chi connectivity index (χ2v) is 4.21. The van der Waals surface area contributed by atoms with Gasteiger partial charge in [-0.05, 0) is 25.0 Å². The van der Waals surface area contributed by atoms with E-state index in [1.165, 1.54) is 0 Å². The van der Waals surface area contributed by atoms with Crippen molar-refractivity contribution in [2.75, 3.05) is 5.88 Å². The molecule has 0 heterocycles. The molecule has 1 N–H and O–H groups in total. The zero-order valence-corrected chi connectivity index (χ0v) is 10.6. The highest BCUT2D eigenvalue weighted by Gasteiger charge is 2.27. The highest BCUT2D eigenvalue weighted by Crippen LogP contribution is 2.17. The summed E-state index contributed by atoms with van der Waals surface area (Å²) in [5, 5.41) is 3.02. The first kappa shape index (κ1) is 13.0. The van der Waals surface area contributed by atoms with Gasteiger partial charge in [0.1, 0.15) is 0 Å². The number of amides is 1. The minimum atomic E-state index is -0.283. The third-order valence-corrected chi connectivity index (χ3v) is 3.54. The van der Waals surface area contributed by atoms with Crippen LogP contribution in [0.2, 0.25) is 0 Å². The second kappa shape index (κ2) is 5.90. The van der Waals surface area contributed by atoms with E-state index in [0.29, 0.717) is 11.4 Å². The standard InChI is InChI=1S/C13H18ClNO/c1-3-13(4-2,10-14)15-12(16)11-8-6-5-7-9-11/h5-9H,3-4,10H2,1-2H3,(H,15,16). The molecular formula is C13H18ClNO. The average Bonchev–Trinajstić information content (AvgIpc) is 2.37. The van der Waals surface area contributed by atoms with Crippen molar-refractivity contribution in [3.8, 4) is 0 Å². The van der Waals surface area contributed by atoms with Gasteiger partial charge in [-0.25, -0.2) is 0 Å². The topological polar surface area (TPSA) is 29.1 Å². The molecule has 0 radical (unpaired) electrons. The van der Waals surface area contributed by atoms with E-state index in [2.05, 4.69) is 5.32 Å². The number of carbonyl (C=O) groups excluding carboxylic acids is 1. The van der Waals surface area contributed by atoms with Crippen molar-refractivity contribution in [3.63, 3.8) is 0 Å². The Morgan fingerprint density at radius 2 is 1.81 bits per heavy atom. The molecule has 0 saturated heterocycles. The van der Waals surface area contributed by atoms with E-state index >= 15 is 0 Å². The minimum Gasteiger partial charge on any atom is -0.345 e. The summed E-state index contributed by atoms with van der Waals surface area (Å²) in [6, 6.07) is 9.22. The molecule has 0 saturated carbocycles. The number of hydrogen-bond acceptors (Lipinski definition) is 1. The van der Waals surface area contributed by atoms with Gasteiger partial charge in [0.25, 0.3) is 5.91 Å². The molecule has 0 bridgehead atoms. The molecule has 0 fully saturated rings. The van der Waals surface area contributed by atoms with Crippen LogP contribution in [0.25, 0.3) is 0 Å². The third-order valence-electron chi connectivity index (χ3n) is 3.02. The third kappa shape index (κ3) is 2.99. The number of hydrogen-bond donors (Lipinski definition) is 1. The Morgan fingerprint density at radius 3 is 2.25 bits per heavy atom. The van der Waals surface area contributed by atoms with E-state index in [-0.39, 0.29) is 11.4 Å². The molecule has 3 heteroatoms. The largest absolute Gasteiger partial charge is 0.345 e. The van der Waals surface area contributed by atoms with Gasteiger partial charge in [0.2, 0.25) is 0 Å². The van der Waals surface area contributed by atoms with E-state index < -0.39 is 0 Å². The van der Waals surface area contributed by atoms with Crippen LogP contribution in [0.1, 0.15) is 37.0 Å². The lowest BCUT2D eigenvalue weighted by Crippen LogP contribution is -2.49. The molecular weight excluding hydrogens is 222 g/mol. The maximum absolute atomic E-state index is 12.0. The fourth-order valence-corrected chi connectivity index (χ4v) is 2.00. The van der Waals surface area contributed by atoms with Gasteiger partial charge in [-0.15, -0.1) is 11.6 Å². The SMILES string of the molecule is CCC(CC)(CCl)NC(=O)c1ccccc1. The molecule has 0 aliphatic heterocycles. The molecule has 1 aromatic carbocycles. The van der Waals surface area contributed by atoms with Crippen LogP contribution in [-0.4, -0.2) is 17.3 Å². The van der Waals surface area contributed by atoms with Crippen molar-refractivity contribution >= 4 is 17.5 Å². The van der Waals surface area contributed by atoms with Crippen LogP contribution in [-0.2, 0) is 0 Å². The molecule has 0 aliphatic rings. The Balaban J connectivity index is 2.77. The smallest absolute Gasteiger partial charge is 0.251 e. The van der Waals surface area contributed by atoms with Crippen LogP contribution in [0.5, 0.6) is 0 Å². The maximum atomic E-state index is 12.0. The van der Waals surface area contributed by atoms with Crippen LogP contribution in [0, 0.1) is 0 Å². The van der Waals surface area contributed by atoms with E-state index in [1.54, 1.807) is 12.1 Å². The van der Waals surface area contributed by atoms with Crippen LogP contribution in [0.3, 0.4) is 0 Å². The van der Waals surface area contributed by atoms with Gasteiger partial charge >= 0.3 is 0 Å². The molecule has 16 heavy (non-hydrogen) atoms. The molecule has 88 valence electrons. The van der Waals surface area contributed by atoms with Gasteiger partial charge < -0.3 is 5.32 Å². The molecule has 0 atom stereocenters. The number of benzene rings is 1. The summed E-state index contributed by atoms with van der Waals surface area (Å²) >= 11 is 5.94. The zero-order chi connectivity index (χ0) is 12.0. The van der Waals surface area contributed by atoms with Crippen LogP contribution in [0.4, 0.5) is 0 Å². The predicted molar refractivity (Wildman–Crippen MR) is 67.9 cm³/mol. The second-order valence-electron chi connectivity index (χ2n) is 3.94. The highest BCUT2D eigenvalue weighted by atomic mass is 35.5. The molecule has 1 rings (SSSR count). The lowest BCUT2D eigenvalue weighted by Gasteiger charge is -2.30. The summed E-state index contributed by atoms with van der Waals surface area (Å²) < 4.78 is 0. The van der Waals surface area contributed by atoms with E-state index in [1.807, 2.05) is 32.0 Å². The highest BCUT2D eigenvalue weighted by molar-refractivity contribution is 6.18. The Labute approximate surface area is 102 Å². The van der Waals surface area contributed by atoms with Crippen LogP contribution >= 0.6 is 11.6 Å². The molecule has 0 aromatic heterocycles. The number of rotatable bonds is 5. The maximum Gasteiger partial charge on any atom is 0.251 e. The van der Waals surface area contributed by atoms with Crippen molar-refractivity contribution in [1.29, 1.82) is 0 Å². The van der Waals surface area contributed by atoms with Gasteiger partial charge in [-0.3, -0.25) is 4.79 Å². The summed E-state index contributed by atoms with van der Waals surface area (Å²) in [5.41, 5.74) is 0.396. The van der Waals surface area contributed by atoms with Crippen molar-refractivity contribution in [1.82, 2.24) is 5.32 Å². The van der Waals surface area contributed by atoms with Crippen molar-refractivity contribution < 1.29 is 4.79 Å². The lowest BCUT2D eigenvalue weighted by molar-refractivity contribution is 0.0902. The van der Waals surface area contributed by atoms with Crippen molar-refractivity contribution in [2.45, 2.75) is 32.2 Å². The summed E-state index contributed by atoms with van der Waals surface area (Å²) in [5.74, 6) is 0.392. The predicted octanol–water partition coefficient (Wildman–Crippen LogP) is 3.21. The number of alkyl halides is 1. The number of carbonyl (C=O) groups is 1. The van der Waals surface area contributed by atoms with Crippen molar-refractivity contribution in [2.24, 2.45) is 0 Å². The summed E-state index contributed by atoms with van der Waals surface area (Å²) in [4.78, 5) is 12.0. The van der Waals surface area contributed by atoms with Crippen LogP contribution in [0.15, 0.2) is 30.3 Å². The zero-order valence-electron chi connectivity index (χ0n) is 9.79. The Bertz CT molecular complexity index is 325. The van der Waals surface area contributed by atoms with Gasteiger partial charge in [-0.2, -0.15) is 0 Å². The first-order valence-electron chi connectivity index (χ1n) is 5.61. The van der Waals surface area contributed by atoms with Gasteiger partial charge in [0, 0.05) is 11.4 Å². The van der Waals surface area contributed by atoms with E-state index in [0.717, 1.165) is 12.8 Å². The first-order valence-corrected chi connectivity index (χ1v) is 6.14. The van der Waals surface area contributed by atoms with E-state index in [9.17, 15) is 4.79 Å². The normalized spacial score (nSPS) is 11.2. The number of halogens is 1. The summed E-state index contributed by atoms with van der Waals surface area (Å²) in [6.07, 6.45) is 1.68.